The molecular weight excluding hydrogens is 348 g/mol. The molecule has 6 nitrogen and oxygen atoms in total. The molecule has 1 fully saturated rings. The molecule has 1 aromatic carbocycles. The molecule has 0 amide bonds. The van der Waals surface area contributed by atoms with Crippen LogP contribution in [0.4, 0.5) is 0 Å². The van der Waals surface area contributed by atoms with Crippen molar-refractivity contribution in [3.8, 4) is 10.8 Å². The van der Waals surface area contributed by atoms with Gasteiger partial charge in [-0.2, -0.15) is 0 Å². The van der Waals surface area contributed by atoms with E-state index >= 15 is 0 Å². The molecule has 0 saturated carbocycles. The molecule has 26 heavy (non-hydrogen) atoms. The number of aromatic nitrogens is 1. The van der Waals surface area contributed by atoms with E-state index in [0.717, 1.165) is 58.7 Å². The first-order valence-electron chi connectivity index (χ1n) is 8.82. The molecule has 0 aliphatic carbocycles. The van der Waals surface area contributed by atoms with Crippen LogP contribution in [0.2, 0.25) is 0 Å². The fraction of sp³-hybridized carbons (Fsp3) is 0.368. The molecule has 0 spiro atoms. The van der Waals surface area contributed by atoms with Crippen molar-refractivity contribution in [2.75, 3.05) is 20.2 Å². The molecule has 1 unspecified atom stereocenters. The lowest BCUT2D eigenvalue weighted by Crippen LogP contribution is -2.40. The number of fused-ring (bicyclic) bond motifs is 1. The van der Waals surface area contributed by atoms with Gasteiger partial charge in [0.1, 0.15) is 5.76 Å². The SMILES string of the molecule is CN=C(NCc1ccc(-c2nc3ccccc3s2)o1)NCC1CCCO1. The fourth-order valence-corrected chi connectivity index (χ4v) is 3.90. The maximum atomic E-state index is 5.95. The van der Waals surface area contributed by atoms with Gasteiger partial charge >= 0.3 is 0 Å². The van der Waals surface area contributed by atoms with E-state index in [1.807, 2.05) is 30.3 Å². The number of hydrogen-bond donors (Lipinski definition) is 2. The largest absolute Gasteiger partial charge is 0.457 e. The average Bonchev–Trinajstić information content (AvgIpc) is 3.41. The minimum atomic E-state index is 0.280. The first kappa shape index (κ1) is 17.1. The zero-order valence-corrected chi connectivity index (χ0v) is 15.5. The zero-order chi connectivity index (χ0) is 17.8. The van der Waals surface area contributed by atoms with Crippen molar-refractivity contribution in [3.05, 3.63) is 42.2 Å². The van der Waals surface area contributed by atoms with Gasteiger partial charge in [0.15, 0.2) is 16.7 Å². The van der Waals surface area contributed by atoms with E-state index < -0.39 is 0 Å². The second kappa shape index (κ2) is 7.88. The summed E-state index contributed by atoms with van der Waals surface area (Å²) in [6.07, 6.45) is 2.52. The number of aliphatic imine (C=N–C) groups is 1. The lowest BCUT2D eigenvalue weighted by Gasteiger charge is -2.14. The molecular formula is C19H22N4O2S. The maximum Gasteiger partial charge on any atom is 0.191 e. The number of nitrogens with one attached hydrogen (secondary N) is 2. The van der Waals surface area contributed by atoms with Crippen molar-refractivity contribution < 1.29 is 9.15 Å². The van der Waals surface area contributed by atoms with Gasteiger partial charge in [0.05, 0.1) is 22.9 Å². The number of guanidine groups is 1. The summed E-state index contributed by atoms with van der Waals surface area (Å²) in [5.41, 5.74) is 1.00. The number of nitrogens with zero attached hydrogens (tertiary/aromatic N) is 2. The van der Waals surface area contributed by atoms with Crippen LogP contribution in [0.1, 0.15) is 18.6 Å². The van der Waals surface area contributed by atoms with Gasteiger partial charge in [0.25, 0.3) is 0 Å². The first-order chi connectivity index (χ1) is 12.8. The predicted molar refractivity (Wildman–Crippen MR) is 104 cm³/mol. The maximum absolute atomic E-state index is 5.95. The van der Waals surface area contributed by atoms with Crippen LogP contribution in [0.3, 0.4) is 0 Å². The lowest BCUT2D eigenvalue weighted by atomic mass is 10.2. The standard InChI is InChI=1S/C19H22N4O2S/c1-20-19(21-11-13-5-4-10-24-13)22-12-14-8-9-16(25-14)18-23-15-6-2-3-7-17(15)26-18/h2-3,6-9,13H,4-5,10-12H2,1H3,(H2,20,21,22). The quantitative estimate of drug-likeness (QED) is 0.532. The van der Waals surface area contributed by atoms with Crippen LogP contribution in [0.5, 0.6) is 0 Å². The molecule has 0 radical (unpaired) electrons. The summed E-state index contributed by atoms with van der Waals surface area (Å²) in [6.45, 7) is 2.20. The van der Waals surface area contributed by atoms with Crippen LogP contribution in [-0.2, 0) is 11.3 Å². The topological polar surface area (TPSA) is 71.7 Å². The predicted octanol–water partition coefficient (Wildman–Crippen LogP) is 3.40. The van der Waals surface area contributed by atoms with E-state index in [4.69, 9.17) is 9.15 Å². The highest BCUT2D eigenvalue weighted by atomic mass is 32.1. The Morgan fingerprint density at radius 3 is 3.00 bits per heavy atom. The molecule has 4 rings (SSSR count). The highest BCUT2D eigenvalue weighted by Crippen LogP contribution is 2.31. The average molecular weight is 370 g/mol. The van der Waals surface area contributed by atoms with Crippen LogP contribution in [0, 0.1) is 0 Å². The van der Waals surface area contributed by atoms with Gasteiger partial charge in [-0.15, -0.1) is 11.3 Å². The Kier molecular flexibility index (Phi) is 5.17. The molecule has 2 aromatic heterocycles. The summed E-state index contributed by atoms with van der Waals surface area (Å²) in [7, 11) is 1.76. The number of benzene rings is 1. The van der Waals surface area contributed by atoms with Gasteiger partial charge in [-0.25, -0.2) is 4.98 Å². The summed E-state index contributed by atoms with van der Waals surface area (Å²) in [4.78, 5) is 8.88. The molecule has 0 bridgehead atoms. The van der Waals surface area contributed by atoms with Crippen LogP contribution >= 0.6 is 11.3 Å². The van der Waals surface area contributed by atoms with Crippen molar-refractivity contribution in [3.63, 3.8) is 0 Å². The van der Waals surface area contributed by atoms with Crippen LogP contribution in [0.25, 0.3) is 21.0 Å². The molecule has 1 aliphatic rings. The second-order valence-corrected chi connectivity index (χ2v) is 7.23. The van der Waals surface area contributed by atoms with E-state index in [1.54, 1.807) is 18.4 Å². The third kappa shape index (κ3) is 3.89. The van der Waals surface area contributed by atoms with Gasteiger partial charge in [-0.3, -0.25) is 4.99 Å². The summed E-state index contributed by atoms with van der Waals surface area (Å²) in [6, 6.07) is 12.1. The summed E-state index contributed by atoms with van der Waals surface area (Å²) in [5.74, 6) is 2.39. The third-order valence-corrected chi connectivity index (χ3v) is 5.39. The first-order valence-corrected chi connectivity index (χ1v) is 9.64. The van der Waals surface area contributed by atoms with Gasteiger partial charge in [-0.1, -0.05) is 12.1 Å². The molecule has 3 aromatic rings. The monoisotopic (exact) mass is 370 g/mol. The van der Waals surface area contributed by atoms with E-state index in [-0.39, 0.29) is 6.10 Å². The summed E-state index contributed by atoms with van der Waals surface area (Å²) in [5, 5.41) is 7.47. The van der Waals surface area contributed by atoms with E-state index in [0.29, 0.717) is 6.54 Å². The van der Waals surface area contributed by atoms with Gasteiger partial charge in [0.2, 0.25) is 0 Å². The van der Waals surface area contributed by atoms with Crippen molar-refractivity contribution in [2.45, 2.75) is 25.5 Å². The van der Waals surface area contributed by atoms with Crippen LogP contribution < -0.4 is 10.6 Å². The highest BCUT2D eigenvalue weighted by Gasteiger charge is 2.15. The number of thiazole rings is 1. The van der Waals surface area contributed by atoms with Gasteiger partial charge in [0, 0.05) is 20.2 Å². The van der Waals surface area contributed by atoms with Gasteiger partial charge < -0.3 is 19.8 Å². The zero-order valence-electron chi connectivity index (χ0n) is 14.7. The Hall–Kier alpha value is -2.38. The van der Waals surface area contributed by atoms with Gasteiger partial charge in [-0.05, 0) is 37.1 Å². The number of para-hydroxylation sites is 1. The molecule has 3 heterocycles. The Bertz CT molecular complexity index is 863. The minimum absolute atomic E-state index is 0.280. The molecule has 1 saturated heterocycles. The Balaban J connectivity index is 1.35. The number of hydrogen-bond acceptors (Lipinski definition) is 5. The van der Waals surface area contributed by atoms with Crippen molar-refractivity contribution in [2.24, 2.45) is 4.99 Å². The second-order valence-electron chi connectivity index (χ2n) is 6.19. The molecule has 2 N–H and O–H groups in total. The number of ether oxygens (including phenoxy) is 1. The number of rotatable bonds is 5. The van der Waals surface area contributed by atoms with Crippen molar-refractivity contribution in [1.29, 1.82) is 0 Å². The normalized spacial score (nSPS) is 17.7. The summed E-state index contributed by atoms with van der Waals surface area (Å²) < 4.78 is 12.7. The smallest absolute Gasteiger partial charge is 0.191 e. The Morgan fingerprint density at radius 2 is 2.19 bits per heavy atom. The highest BCUT2D eigenvalue weighted by molar-refractivity contribution is 7.21. The summed E-state index contributed by atoms with van der Waals surface area (Å²) >= 11 is 1.64. The minimum Gasteiger partial charge on any atom is -0.457 e. The number of furan rings is 1. The molecule has 7 heteroatoms. The van der Waals surface area contributed by atoms with Crippen molar-refractivity contribution in [1.82, 2.24) is 15.6 Å². The molecule has 136 valence electrons. The Morgan fingerprint density at radius 1 is 1.27 bits per heavy atom. The lowest BCUT2D eigenvalue weighted by molar-refractivity contribution is 0.114. The van der Waals surface area contributed by atoms with Crippen LogP contribution in [-0.4, -0.2) is 37.2 Å². The van der Waals surface area contributed by atoms with Crippen molar-refractivity contribution >= 4 is 27.5 Å². The molecule has 1 atom stereocenters. The van der Waals surface area contributed by atoms with E-state index in [2.05, 4.69) is 26.7 Å². The van der Waals surface area contributed by atoms with E-state index in [1.165, 1.54) is 0 Å². The fourth-order valence-electron chi connectivity index (χ4n) is 2.97. The molecule has 1 aliphatic heterocycles. The third-order valence-electron chi connectivity index (χ3n) is 4.34. The van der Waals surface area contributed by atoms with E-state index in [9.17, 15) is 0 Å². The van der Waals surface area contributed by atoms with Crippen LogP contribution in [0.15, 0.2) is 45.8 Å². The Labute approximate surface area is 156 Å².